The van der Waals surface area contributed by atoms with E-state index in [1.165, 1.54) is 0 Å². The van der Waals surface area contributed by atoms with E-state index in [9.17, 15) is 4.79 Å². The number of imidazole rings is 1. The number of pyridine rings is 1. The van der Waals surface area contributed by atoms with Gasteiger partial charge in [-0.2, -0.15) is 0 Å². The van der Waals surface area contributed by atoms with Gasteiger partial charge in [-0.15, -0.1) is 0 Å². The maximum Gasteiger partial charge on any atom is 0.228 e. The first-order valence-electron chi connectivity index (χ1n) is 8.16. The average Bonchev–Trinajstić information content (AvgIpc) is 3.24. The number of amides is 1. The van der Waals surface area contributed by atoms with Gasteiger partial charge in [0.25, 0.3) is 0 Å². The Bertz CT molecular complexity index is 832. The Labute approximate surface area is 135 Å². The van der Waals surface area contributed by atoms with Crippen LogP contribution in [0.4, 0.5) is 5.82 Å². The molecular weight excluding hydrogens is 286 g/mol. The molecule has 1 aliphatic rings. The maximum atomic E-state index is 12.6. The summed E-state index contributed by atoms with van der Waals surface area (Å²) in [6.07, 6.45) is 6.22. The Kier molecular flexibility index (Phi) is 3.58. The van der Waals surface area contributed by atoms with Crippen molar-refractivity contribution in [3.8, 4) is 11.3 Å². The van der Waals surface area contributed by atoms with E-state index in [-0.39, 0.29) is 11.8 Å². The number of aromatic nitrogens is 2. The van der Waals surface area contributed by atoms with Crippen LogP contribution in [0.1, 0.15) is 25.7 Å². The molecule has 4 rings (SSSR count). The fourth-order valence-corrected chi connectivity index (χ4v) is 3.32. The smallest absolute Gasteiger partial charge is 0.228 e. The first-order valence-corrected chi connectivity index (χ1v) is 8.16. The molecular formula is C19H19N3O. The Balaban J connectivity index is 1.78. The summed E-state index contributed by atoms with van der Waals surface area (Å²) >= 11 is 0. The highest BCUT2D eigenvalue weighted by Gasteiger charge is 2.25. The van der Waals surface area contributed by atoms with E-state index < -0.39 is 0 Å². The van der Waals surface area contributed by atoms with Gasteiger partial charge in [0.05, 0.1) is 0 Å². The van der Waals surface area contributed by atoms with Crippen molar-refractivity contribution in [1.29, 1.82) is 0 Å². The van der Waals surface area contributed by atoms with E-state index in [0.29, 0.717) is 0 Å². The highest BCUT2D eigenvalue weighted by atomic mass is 16.2. The predicted octanol–water partition coefficient (Wildman–Crippen LogP) is 4.13. The molecule has 2 aromatic heterocycles. The molecule has 1 N–H and O–H groups in total. The van der Waals surface area contributed by atoms with Crippen LogP contribution in [-0.4, -0.2) is 15.3 Å². The molecule has 1 aliphatic carbocycles. The molecule has 1 aromatic carbocycles. The molecule has 4 heteroatoms. The fraction of sp³-hybridized carbons (Fsp3) is 0.263. The van der Waals surface area contributed by atoms with Gasteiger partial charge in [-0.1, -0.05) is 49.2 Å². The largest absolute Gasteiger partial charge is 0.310 e. The summed E-state index contributed by atoms with van der Waals surface area (Å²) in [7, 11) is 0. The molecule has 0 atom stereocenters. The van der Waals surface area contributed by atoms with Crippen molar-refractivity contribution in [1.82, 2.24) is 9.38 Å². The molecule has 0 saturated heterocycles. The van der Waals surface area contributed by atoms with Crippen molar-refractivity contribution >= 4 is 17.4 Å². The second kappa shape index (κ2) is 5.88. The molecule has 0 bridgehead atoms. The van der Waals surface area contributed by atoms with Crippen LogP contribution in [0, 0.1) is 5.92 Å². The number of anilines is 1. The van der Waals surface area contributed by atoms with Crippen molar-refractivity contribution in [3.05, 3.63) is 54.7 Å². The quantitative estimate of drug-likeness (QED) is 0.791. The number of hydrogen-bond acceptors (Lipinski definition) is 2. The molecule has 0 unspecified atom stereocenters. The first kappa shape index (κ1) is 14.0. The van der Waals surface area contributed by atoms with Gasteiger partial charge in [-0.25, -0.2) is 4.98 Å². The Morgan fingerprint density at radius 3 is 2.57 bits per heavy atom. The van der Waals surface area contributed by atoms with Crippen LogP contribution in [0.2, 0.25) is 0 Å². The van der Waals surface area contributed by atoms with Crippen molar-refractivity contribution < 1.29 is 4.79 Å². The van der Waals surface area contributed by atoms with Crippen LogP contribution in [0.5, 0.6) is 0 Å². The lowest BCUT2D eigenvalue weighted by Crippen LogP contribution is -2.21. The highest BCUT2D eigenvalue weighted by molar-refractivity contribution is 5.96. The fourth-order valence-electron chi connectivity index (χ4n) is 3.32. The topological polar surface area (TPSA) is 46.4 Å². The summed E-state index contributed by atoms with van der Waals surface area (Å²) in [4.78, 5) is 17.3. The van der Waals surface area contributed by atoms with Gasteiger partial charge in [-0.05, 0) is 25.0 Å². The zero-order valence-electron chi connectivity index (χ0n) is 12.9. The monoisotopic (exact) mass is 305 g/mol. The molecule has 116 valence electrons. The molecule has 0 radical (unpaired) electrons. The number of hydrogen-bond donors (Lipinski definition) is 1. The minimum absolute atomic E-state index is 0.116. The number of rotatable bonds is 3. The van der Waals surface area contributed by atoms with Gasteiger partial charge in [-0.3, -0.25) is 9.20 Å². The van der Waals surface area contributed by atoms with Crippen molar-refractivity contribution in [3.63, 3.8) is 0 Å². The molecule has 1 saturated carbocycles. The van der Waals surface area contributed by atoms with Crippen molar-refractivity contribution in [2.45, 2.75) is 25.7 Å². The van der Waals surface area contributed by atoms with Gasteiger partial charge in [0.15, 0.2) is 0 Å². The molecule has 1 fully saturated rings. The van der Waals surface area contributed by atoms with Crippen molar-refractivity contribution in [2.24, 2.45) is 5.92 Å². The second-order valence-electron chi connectivity index (χ2n) is 6.07. The number of carbonyl (C=O) groups excluding carboxylic acids is 1. The molecule has 0 spiro atoms. The van der Waals surface area contributed by atoms with Crippen LogP contribution in [0.3, 0.4) is 0 Å². The van der Waals surface area contributed by atoms with Gasteiger partial charge < -0.3 is 5.32 Å². The summed E-state index contributed by atoms with van der Waals surface area (Å²) in [5.74, 6) is 1.02. The molecule has 3 aromatic rings. The summed E-state index contributed by atoms with van der Waals surface area (Å²) < 4.78 is 1.95. The number of nitrogens with zero attached hydrogens (tertiary/aromatic N) is 2. The first-order chi connectivity index (χ1) is 11.3. The van der Waals surface area contributed by atoms with Gasteiger partial charge in [0.2, 0.25) is 5.91 Å². The van der Waals surface area contributed by atoms with Crippen LogP contribution in [-0.2, 0) is 4.79 Å². The van der Waals surface area contributed by atoms with Gasteiger partial charge in [0, 0.05) is 17.7 Å². The summed E-state index contributed by atoms with van der Waals surface area (Å²) in [5, 5.41) is 3.14. The lowest BCUT2D eigenvalue weighted by atomic mass is 10.1. The van der Waals surface area contributed by atoms with E-state index in [1.807, 2.05) is 59.1 Å². The lowest BCUT2D eigenvalue weighted by molar-refractivity contribution is -0.119. The SMILES string of the molecule is O=C(Nc1c(-c2ccccc2)nc2ccccn12)C1CCCC1. The number of fused-ring (bicyclic) bond motifs is 1. The number of carbonyl (C=O) groups is 1. The van der Waals surface area contributed by atoms with Crippen LogP contribution in [0.25, 0.3) is 16.9 Å². The molecule has 2 heterocycles. The van der Waals surface area contributed by atoms with Gasteiger partial charge >= 0.3 is 0 Å². The van der Waals surface area contributed by atoms with Crippen LogP contribution >= 0.6 is 0 Å². The van der Waals surface area contributed by atoms with Gasteiger partial charge in [0.1, 0.15) is 17.2 Å². The molecule has 4 nitrogen and oxygen atoms in total. The minimum Gasteiger partial charge on any atom is -0.310 e. The standard InChI is InChI=1S/C19H19N3O/c23-19(15-10-4-5-11-15)21-18-17(14-8-2-1-3-9-14)20-16-12-6-7-13-22(16)18/h1-3,6-9,12-13,15H,4-5,10-11H2,(H,21,23). The van der Waals surface area contributed by atoms with E-state index in [1.54, 1.807) is 0 Å². The van der Waals surface area contributed by atoms with E-state index in [0.717, 1.165) is 48.4 Å². The Morgan fingerprint density at radius 1 is 1.04 bits per heavy atom. The predicted molar refractivity (Wildman–Crippen MR) is 91.2 cm³/mol. The van der Waals surface area contributed by atoms with E-state index in [4.69, 9.17) is 4.98 Å². The zero-order chi connectivity index (χ0) is 15.6. The minimum atomic E-state index is 0.116. The summed E-state index contributed by atoms with van der Waals surface area (Å²) in [5.41, 5.74) is 2.68. The Hall–Kier alpha value is -2.62. The third kappa shape index (κ3) is 2.61. The molecule has 23 heavy (non-hydrogen) atoms. The van der Waals surface area contributed by atoms with Crippen molar-refractivity contribution in [2.75, 3.05) is 5.32 Å². The maximum absolute atomic E-state index is 12.6. The normalized spacial score (nSPS) is 15.1. The van der Waals surface area contributed by atoms with Crippen LogP contribution in [0.15, 0.2) is 54.7 Å². The average molecular weight is 305 g/mol. The molecule has 0 aliphatic heterocycles. The zero-order valence-corrected chi connectivity index (χ0v) is 12.9. The summed E-state index contributed by atoms with van der Waals surface area (Å²) in [6.45, 7) is 0. The highest BCUT2D eigenvalue weighted by Crippen LogP contribution is 2.31. The Morgan fingerprint density at radius 2 is 1.78 bits per heavy atom. The third-order valence-electron chi connectivity index (χ3n) is 4.54. The third-order valence-corrected chi connectivity index (χ3v) is 4.54. The molecule has 1 amide bonds. The number of benzene rings is 1. The summed E-state index contributed by atoms with van der Waals surface area (Å²) in [6, 6.07) is 15.9. The number of nitrogens with one attached hydrogen (secondary N) is 1. The van der Waals surface area contributed by atoms with Crippen LogP contribution < -0.4 is 5.32 Å². The van der Waals surface area contributed by atoms with E-state index >= 15 is 0 Å². The lowest BCUT2D eigenvalue weighted by Gasteiger charge is -2.11. The second-order valence-corrected chi connectivity index (χ2v) is 6.07. The van der Waals surface area contributed by atoms with E-state index in [2.05, 4.69) is 5.32 Å².